The summed E-state index contributed by atoms with van der Waals surface area (Å²) in [5.74, 6) is -0.0726. The van der Waals surface area contributed by atoms with Crippen LogP contribution in [0.2, 0.25) is 0 Å². The molecule has 0 aliphatic carbocycles. The number of nitrogens with zero attached hydrogens (tertiary/aromatic N) is 5. The van der Waals surface area contributed by atoms with E-state index in [4.69, 9.17) is 4.98 Å². The van der Waals surface area contributed by atoms with Gasteiger partial charge >= 0.3 is 0 Å². The first-order valence-corrected chi connectivity index (χ1v) is 10.9. The lowest BCUT2D eigenvalue weighted by Crippen LogP contribution is -2.14. The zero-order chi connectivity index (χ0) is 21.4. The predicted molar refractivity (Wildman–Crippen MR) is 122 cm³/mol. The van der Waals surface area contributed by atoms with Crippen LogP contribution in [0.5, 0.6) is 0 Å². The number of rotatable bonds is 5. The van der Waals surface area contributed by atoms with Crippen molar-refractivity contribution in [3.63, 3.8) is 0 Å². The molecule has 5 aromatic rings. The van der Waals surface area contributed by atoms with E-state index in [0.29, 0.717) is 18.0 Å². The quantitative estimate of drug-likeness (QED) is 0.443. The van der Waals surface area contributed by atoms with Crippen molar-refractivity contribution in [2.24, 2.45) is 0 Å². The van der Waals surface area contributed by atoms with Crippen molar-refractivity contribution < 1.29 is 4.79 Å². The Balaban J connectivity index is 1.32. The van der Waals surface area contributed by atoms with Crippen LogP contribution < -0.4 is 5.32 Å². The van der Waals surface area contributed by atoms with Crippen molar-refractivity contribution in [1.29, 1.82) is 0 Å². The summed E-state index contributed by atoms with van der Waals surface area (Å²) in [6.07, 6.45) is 4.41. The molecule has 1 aromatic carbocycles. The minimum atomic E-state index is -0.0726. The van der Waals surface area contributed by atoms with Gasteiger partial charge in [-0.15, -0.1) is 11.3 Å². The average molecular weight is 429 g/mol. The van der Waals surface area contributed by atoms with Crippen molar-refractivity contribution in [2.45, 2.75) is 26.7 Å². The molecule has 0 bridgehead atoms. The summed E-state index contributed by atoms with van der Waals surface area (Å²) in [6, 6.07) is 11.8. The van der Waals surface area contributed by atoms with E-state index >= 15 is 0 Å². The van der Waals surface area contributed by atoms with Crippen LogP contribution in [-0.4, -0.2) is 30.5 Å². The van der Waals surface area contributed by atoms with Gasteiger partial charge in [0.05, 0.1) is 11.2 Å². The van der Waals surface area contributed by atoms with E-state index in [9.17, 15) is 4.79 Å². The zero-order valence-electron chi connectivity index (χ0n) is 17.2. The average Bonchev–Trinajstić information content (AvgIpc) is 3.39. The van der Waals surface area contributed by atoms with Gasteiger partial charge in [0.15, 0.2) is 10.8 Å². The molecule has 0 aliphatic heterocycles. The van der Waals surface area contributed by atoms with Gasteiger partial charge in [-0.1, -0.05) is 12.1 Å². The summed E-state index contributed by atoms with van der Waals surface area (Å²) in [4.78, 5) is 25.9. The summed E-state index contributed by atoms with van der Waals surface area (Å²) in [7, 11) is 0. The Labute approximate surface area is 182 Å². The Kier molecular flexibility index (Phi) is 4.91. The SMILES string of the molecule is Cc1nc2c3ccccc3nn2c(C)c1CCC(=O)Nc1nc(-c2cccnc2)cs1. The minimum absolute atomic E-state index is 0.0726. The molecule has 0 aliphatic rings. The number of anilines is 1. The second kappa shape index (κ2) is 7.88. The number of benzene rings is 1. The first kappa shape index (κ1) is 19.3. The third kappa shape index (κ3) is 3.66. The van der Waals surface area contributed by atoms with Crippen molar-refractivity contribution >= 4 is 38.9 Å². The number of amides is 1. The summed E-state index contributed by atoms with van der Waals surface area (Å²) in [5.41, 5.74) is 6.49. The monoisotopic (exact) mass is 428 g/mol. The summed E-state index contributed by atoms with van der Waals surface area (Å²) in [5, 5.41) is 11.1. The minimum Gasteiger partial charge on any atom is -0.302 e. The van der Waals surface area contributed by atoms with E-state index in [1.54, 1.807) is 12.4 Å². The molecular formula is C23H20N6OS. The van der Waals surface area contributed by atoms with Gasteiger partial charge in [-0.2, -0.15) is 5.10 Å². The van der Waals surface area contributed by atoms with Gasteiger partial charge < -0.3 is 5.32 Å². The fourth-order valence-corrected chi connectivity index (χ4v) is 4.47. The van der Waals surface area contributed by atoms with E-state index in [1.807, 2.05) is 60.1 Å². The van der Waals surface area contributed by atoms with Crippen LogP contribution >= 0.6 is 11.3 Å². The number of carbonyl (C=O) groups excluding carboxylic acids is 1. The maximum atomic E-state index is 12.6. The Hall–Kier alpha value is -3.65. The molecule has 1 N–H and O–H groups in total. The van der Waals surface area contributed by atoms with Crippen molar-refractivity contribution in [3.8, 4) is 11.3 Å². The Bertz CT molecular complexity index is 1410. The van der Waals surface area contributed by atoms with E-state index in [1.165, 1.54) is 11.3 Å². The lowest BCUT2D eigenvalue weighted by Gasteiger charge is -2.11. The molecule has 8 heteroatoms. The molecule has 31 heavy (non-hydrogen) atoms. The Morgan fingerprint density at radius 1 is 1.13 bits per heavy atom. The molecule has 0 fully saturated rings. The lowest BCUT2D eigenvalue weighted by molar-refractivity contribution is -0.116. The van der Waals surface area contributed by atoms with Crippen LogP contribution in [-0.2, 0) is 11.2 Å². The molecule has 1 amide bonds. The standard InChI is InChI=1S/C23H20N6OS/c1-14-17(15(2)29-22(25-14)18-7-3-4-8-19(18)28-29)9-10-21(30)27-23-26-20(13-31-23)16-6-5-11-24-12-16/h3-8,11-13H,9-10H2,1-2H3,(H,26,27,30). The molecule has 0 radical (unpaired) electrons. The highest BCUT2D eigenvalue weighted by molar-refractivity contribution is 7.14. The number of aromatic nitrogens is 5. The highest BCUT2D eigenvalue weighted by Gasteiger charge is 2.15. The number of hydrogen-bond acceptors (Lipinski definition) is 6. The van der Waals surface area contributed by atoms with Crippen LogP contribution in [0, 0.1) is 13.8 Å². The smallest absolute Gasteiger partial charge is 0.226 e. The number of thiazole rings is 1. The molecule has 0 atom stereocenters. The summed E-state index contributed by atoms with van der Waals surface area (Å²) in [6.45, 7) is 4.02. The summed E-state index contributed by atoms with van der Waals surface area (Å²) < 4.78 is 1.88. The molecule has 154 valence electrons. The van der Waals surface area contributed by atoms with Gasteiger partial charge in [0.1, 0.15) is 0 Å². The van der Waals surface area contributed by atoms with Gasteiger partial charge in [0, 0.05) is 46.5 Å². The van der Waals surface area contributed by atoms with E-state index < -0.39 is 0 Å². The molecule has 0 unspecified atom stereocenters. The molecule has 0 saturated carbocycles. The molecule has 4 heterocycles. The second-order valence-corrected chi connectivity index (χ2v) is 8.20. The van der Waals surface area contributed by atoms with Gasteiger partial charge in [0.25, 0.3) is 0 Å². The first-order chi connectivity index (χ1) is 15.1. The molecule has 4 aromatic heterocycles. The van der Waals surface area contributed by atoms with E-state index in [2.05, 4.69) is 20.4 Å². The maximum Gasteiger partial charge on any atom is 0.226 e. The third-order valence-corrected chi connectivity index (χ3v) is 6.09. The zero-order valence-corrected chi connectivity index (χ0v) is 18.0. The predicted octanol–water partition coefficient (Wildman–Crippen LogP) is 4.59. The molecule has 0 spiro atoms. The third-order valence-electron chi connectivity index (χ3n) is 5.33. The fraction of sp³-hybridized carbons (Fsp3) is 0.174. The normalized spacial score (nSPS) is 11.3. The number of hydrogen-bond donors (Lipinski definition) is 1. The van der Waals surface area contributed by atoms with Gasteiger partial charge in [-0.25, -0.2) is 14.5 Å². The fourth-order valence-electron chi connectivity index (χ4n) is 3.74. The van der Waals surface area contributed by atoms with Crippen LogP contribution in [0.4, 0.5) is 5.13 Å². The Morgan fingerprint density at radius 2 is 2.00 bits per heavy atom. The number of fused-ring (bicyclic) bond motifs is 3. The van der Waals surface area contributed by atoms with E-state index in [-0.39, 0.29) is 5.91 Å². The summed E-state index contributed by atoms with van der Waals surface area (Å²) >= 11 is 1.41. The lowest BCUT2D eigenvalue weighted by atomic mass is 10.1. The molecular weight excluding hydrogens is 408 g/mol. The second-order valence-electron chi connectivity index (χ2n) is 7.34. The van der Waals surface area contributed by atoms with Gasteiger partial charge in [-0.05, 0) is 50.1 Å². The van der Waals surface area contributed by atoms with Crippen LogP contribution in [0.1, 0.15) is 23.4 Å². The maximum absolute atomic E-state index is 12.6. The van der Waals surface area contributed by atoms with Crippen molar-refractivity contribution in [2.75, 3.05) is 5.32 Å². The first-order valence-electron chi connectivity index (χ1n) is 9.99. The van der Waals surface area contributed by atoms with E-state index in [0.717, 1.165) is 44.8 Å². The number of carbonyl (C=O) groups is 1. The number of nitrogens with one attached hydrogen (secondary N) is 1. The van der Waals surface area contributed by atoms with Crippen LogP contribution in [0.15, 0.2) is 54.2 Å². The number of aryl methyl sites for hydroxylation is 2. The Morgan fingerprint density at radius 3 is 2.84 bits per heavy atom. The molecule has 0 saturated heterocycles. The van der Waals surface area contributed by atoms with Gasteiger partial charge in [-0.3, -0.25) is 9.78 Å². The molecule has 7 nitrogen and oxygen atoms in total. The highest BCUT2D eigenvalue weighted by Crippen LogP contribution is 2.25. The highest BCUT2D eigenvalue weighted by atomic mass is 32.1. The van der Waals surface area contributed by atoms with Crippen molar-refractivity contribution in [1.82, 2.24) is 24.6 Å². The largest absolute Gasteiger partial charge is 0.302 e. The van der Waals surface area contributed by atoms with Crippen LogP contribution in [0.3, 0.4) is 0 Å². The van der Waals surface area contributed by atoms with Gasteiger partial charge in [0.2, 0.25) is 5.91 Å². The van der Waals surface area contributed by atoms with Crippen LogP contribution in [0.25, 0.3) is 27.8 Å². The topological polar surface area (TPSA) is 85.1 Å². The molecule has 5 rings (SSSR count). The number of pyridine rings is 1. The van der Waals surface area contributed by atoms with Crippen molar-refractivity contribution in [3.05, 3.63) is 71.1 Å².